The van der Waals surface area contributed by atoms with Crippen LogP contribution in [0.3, 0.4) is 0 Å². The van der Waals surface area contributed by atoms with Crippen LogP contribution >= 0.6 is 15.9 Å². The van der Waals surface area contributed by atoms with Gasteiger partial charge in [-0.05, 0) is 35.4 Å². The topological polar surface area (TPSA) is 38.9 Å². The quantitative estimate of drug-likeness (QED) is 0.765. The molecule has 0 radical (unpaired) electrons. The van der Waals surface area contributed by atoms with Crippen LogP contribution in [-0.4, -0.2) is 4.98 Å². The van der Waals surface area contributed by atoms with Gasteiger partial charge >= 0.3 is 0 Å². The molecule has 0 aliphatic carbocycles. The van der Waals surface area contributed by atoms with Gasteiger partial charge in [0.05, 0.1) is 11.6 Å². The van der Waals surface area contributed by atoms with Gasteiger partial charge in [-0.1, -0.05) is 40.2 Å². The minimum absolute atomic E-state index is 0.288. The number of pyridine rings is 1. The van der Waals surface area contributed by atoms with Gasteiger partial charge in [0.25, 0.3) is 0 Å². The number of hydrogen-bond acceptors (Lipinski definition) is 2. The molecule has 0 amide bonds. The van der Waals surface area contributed by atoms with E-state index in [0.29, 0.717) is 4.47 Å². The molecule has 100 valence electrons. The summed E-state index contributed by atoms with van der Waals surface area (Å²) in [5.41, 5.74) is 8.93. The van der Waals surface area contributed by atoms with Gasteiger partial charge in [0, 0.05) is 16.1 Å². The van der Waals surface area contributed by atoms with Crippen LogP contribution in [0.1, 0.15) is 17.2 Å². The Labute approximate surface area is 124 Å². The Bertz CT molecular complexity index is 773. The Hall–Kier alpha value is -1.78. The largest absolute Gasteiger partial charge is 0.320 e. The van der Waals surface area contributed by atoms with E-state index in [0.717, 1.165) is 22.0 Å². The molecule has 0 fully saturated rings. The van der Waals surface area contributed by atoms with E-state index in [1.807, 2.05) is 30.3 Å². The zero-order valence-corrected chi connectivity index (χ0v) is 12.1. The van der Waals surface area contributed by atoms with Gasteiger partial charge in [0.2, 0.25) is 0 Å². The molecule has 0 bridgehead atoms. The summed E-state index contributed by atoms with van der Waals surface area (Å²) in [6.07, 6.45) is 1.77. The zero-order chi connectivity index (χ0) is 14.1. The number of para-hydroxylation sites is 1. The van der Waals surface area contributed by atoms with Crippen molar-refractivity contribution in [2.75, 3.05) is 0 Å². The van der Waals surface area contributed by atoms with E-state index in [1.165, 1.54) is 12.1 Å². The summed E-state index contributed by atoms with van der Waals surface area (Å²) >= 11 is 3.35. The van der Waals surface area contributed by atoms with Crippen LogP contribution in [0.2, 0.25) is 0 Å². The number of halogens is 2. The number of fused-ring (bicyclic) bond motifs is 1. The molecule has 0 aliphatic rings. The summed E-state index contributed by atoms with van der Waals surface area (Å²) in [6.45, 7) is 0. The molecular formula is C16H12BrFN2. The third-order valence-corrected chi connectivity index (χ3v) is 3.96. The number of aromatic nitrogens is 1. The highest BCUT2D eigenvalue weighted by molar-refractivity contribution is 9.10. The average Bonchev–Trinajstić information content (AvgIpc) is 2.46. The zero-order valence-electron chi connectivity index (χ0n) is 10.6. The van der Waals surface area contributed by atoms with Crippen molar-refractivity contribution in [1.29, 1.82) is 0 Å². The lowest BCUT2D eigenvalue weighted by molar-refractivity contribution is 0.625. The normalized spacial score (nSPS) is 12.6. The van der Waals surface area contributed by atoms with Crippen molar-refractivity contribution in [2.24, 2.45) is 5.73 Å². The number of hydrogen-bond donors (Lipinski definition) is 1. The van der Waals surface area contributed by atoms with Gasteiger partial charge in [0.15, 0.2) is 0 Å². The fourth-order valence-corrected chi connectivity index (χ4v) is 2.79. The van der Waals surface area contributed by atoms with Crippen molar-refractivity contribution in [3.05, 3.63) is 76.1 Å². The van der Waals surface area contributed by atoms with Gasteiger partial charge in [-0.15, -0.1) is 0 Å². The minimum atomic E-state index is -0.345. The molecule has 1 aromatic heterocycles. The predicted molar refractivity (Wildman–Crippen MR) is 81.9 cm³/mol. The Morgan fingerprint density at radius 2 is 1.90 bits per heavy atom. The second-order valence-corrected chi connectivity index (χ2v) is 5.46. The molecular weight excluding hydrogens is 319 g/mol. The van der Waals surface area contributed by atoms with Gasteiger partial charge in [0.1, 0.15) is 5.82 Å². The summed E-state index contributed by atoms with van der Waals surface area (Å²) in [4.78, 5) is 4.41. The van der Waals surface area contributed by atoms with Gasteiger partial charge in [-0.3, -0.25) is 4.98 Å². The molecule has 1 unspecified atom stereocenters. The third-order valence-electron chi connectivity index (χ3n) is 3.27. The fraction of sp³-hybridized carbons (Fsp3) is 0.0625. The molecule has 3 rings (SSSR count). The molecule has 0 saturated heterocycles. The van der Waals surface area contributed by atoms with Gasteiger partial charge in [-0.2, -0.15) is 0 Å². The van der Waals surface area contributed by atoms with E-state index < -0.39 is 0 Å². The lowest BCUT2D eigenvalue weighted by Gasteiger charge is -2.14. The SMILES string of the molecule is NC(c1cnc2ccccc2c1)c1ccc(F)cc1Br. The van der Waals surface area contributed by atoms with Crippen LogP contribution in [0, 0.1) is 5.82 Å². The minimum Gasteiger partial charge on any atom is -0.320 e. The summed E-state index contributed by atoms with van der Waals surface area (Å²) in [5, 5.41) is 1.04. The highest BCUT2D eigenvalue weighted by atomic mass is 79.9. The van der Waals surface area contributed by atoms with Crippen LogP contribution in [0.4, 0.5) is 4.39 Å². The van der Waals surface area contributed by atoms with Crippen molar-refractivity contribution >= 4 is 26.8 Å². The smallest absolute Gasteiger partial charge is 0.124 e. The maximum Gasteiger partial charge on any atom is 0.124 e. The molecule has 0 spiro atoms. The Balaban J connectivity index is 2.05. The molecule has 0 saturated carbocycles. The molecule has 0 aliphatic heterocycles. The first kappa shape index (κ1) is 13.2. The van der Waals surface area contributed by atoms with Crippen LogP contribution < -0.4 is 5.73 Å². The summed E-state index contributed by atoms with van der Waals surface area (Å²) in [7, 11) is 0. The molecule has 3 aromatic rings. The predicted octanol–water partition coefficient (Wildman–Crippen LogP) is 4.18. The van der Waals surface area contributed by atoms with E-state index >= 15 is 0 Å². The van der Waals surface area contributed by atoms with Crippen LogP contribution in [0.5, 0.6) is 0 Å². The Morgan fingerprint density at radius 1 is 1.10 bits per heavy atom. The van der Waals surface area contributed by atoms with Crippen molar-refractivity contribution in [3.8, 4) is 0 Å². The standard InChI is InChI=1S/C16H12BrFN2/c17-14-8-12(18)5-6-13(14)16(19)11-7-10-3-1-2-4-15(10)20-9-11/h1-9,16H,19H2. The number of rotatable bonds is 2. The van der Waals surface area contributed by atoms with Crippen LogP contribution in [0.25, 0.3) is 10.9 Å². The Morgan fingerprint density at radius 3 is 2.70 bits per heavy atom. The molecule has 2 aromatic carbocycles. The molecule has 4 heteroatoms. The molecule has 2 N–H and O–H groups in total. The van der Waals surface area contributed by atoms with Crippen molar-refractivity contribution in [1.82, 2.24) is 4.98 Å². The van der Waals surface area contributed by atoms with Crippen LogP contribution in [-0.2, 0) is 0 Å². The van der Waals surface area contributed by atoms with Gasteiger partial charge in [-0.25, -0.2) is 4.39 Å². The summed E-state index contributed by atoms with van der Waals surface area (Å²) in [6, 6.07) is 14.1. The second kappa shape index (κ2) is 5.31. The Kier molecular flexibility index (Phi) is 3.51. The van der Waals surface area contributed by atoms with Crippen molar-refractivity contribution in [2.45, 2.75) is 6.04 Å². The second-order valence-electron chi connectivity index (χ2n) is 4.60. The van der Waals surface area contributed by atoms with E-state index in [-0.39, 0.29) is 11.9 Å². The van der Waals surface area contributed by atoms with E-state index in [4.69, 9.17) is 5.73 Å². The fourth-order valence-electron chi connectivity index (χ4n) is 2.19. The first-order valence-corrected chi connectivity index (χ1v) is 6.99. The molecule has 1 atom stereocenters. The van der Waals surface area contributed by atoms with E-state index in [1.54, 1.807) is 12.3 Å². The average molecular weight is 331 g/mol. The molecule has 1 heterocycles. The monoisotopic (exact) mass is 330 g/mol. The van der Waals surface area contributed by atoms with Crippen LogP contribution in [0.15, 0.2) is 59.2 Å². The first-order valence-electron chi connectivity index (χ1n) is 6.20. The highest BCUT2D eigenvalue weighted by Gasteiger charge is 2.13. The third kappa shape index (κ3) is 2.44. The first-order chi connectivity index (χ1) is 9.65. The van der Waals surface area contributed by atoms with Crippen molar-refractivity contribution in [3.63, 3.8) is 0 Å². The lowest BCUT2D eigenvalue weighted by Crippen LogP contribution is -2.13. The lowest BCUT2D eigenvalue weighted by atomic mass is 10.00. The summed E-state index contributed by atoms with van der Waals surface area (Å²) in [5.74, 6) is -0.288. The van der Waals surface area contributed by atoms with Crippen molar-refractivity contribution < 1.29 is 4.39 Å². The molecule has 20 heavy (non-hydrogen) atoms. The van der Waals surface area contributed by atoms with E-state index in [9.17, 15) is 4.39 Å². The number of nitrogens with two attached hydrogens (primary N) is 1. The number of nitrogens with zero attached hydrogens (tertiary/aromatic N) is 1. The molecule has 2 nitrogen and oxygen atoms in total. The van der Waals surface area contributed by atoms with E-state index in [2.05, 4.69) is 20.9 Å². The summed E-state index contributed by atoms with van der Waals surface area (Å²) < 4.78 is 13.8. The number of benzene rings is 2. The van der Waals surface area contributed by atoms with Gasteiger partial charge < -0.3 is 5.73 Å². The highest BCUT2D eigenvalue weighted by Crippen LogP contribution is 2.28. The maximum atomic E-state index is 13.1. The maximum absolute atomic E-state index is 13.1.